The average molecular weight is 978 g/mol. The monoisotopic (exact) mass is 977 g/mol. The van der Waals surface area contributed by atoms with Crippen molar-refractivity contribution in [3.05, 3.63) is 223 Å². The van der Waals surface area contributed by atoms with E-state index in [1.54, 1.807) is 0 Å². The minimum atomic E-state index is 0.385. The van der Waals surface area contributed by atoms with Gasteiger partial charge in [-0.3, -0.25) is 0 Å². The van der Waals surface area contributed by atoms with Gasteiger partial charge in [-0.05, 0) is 96.1 Å². The van der Waals surface area contributed by atoms with Crippen molar-refractivity contribution in [3.8, 4) is 68.8 Å². The van der Waals surface area contributed by atoms with Crippen LogP contribution in [-0.4, -0.2) is 24.1 Å². The van der Waals surface area contributed by atoms with E-state index >= 15 is 0 Å². The predicted molar refractivity (Wildman–Crippen MR) is 305 cm³/mol. The third-order valence-corrected chi connectivity index (χ3v) is 16.9. The van der Waals surface area contributed by atoms with E-state index in [1.807, 2.05) is 89.4 Å². The summed E-state index contributed by atoms with van der Waals surface area (Å²) < 4.78 is 9.65. The van der Waals surface area contributed by atoms with Gasteiger partial charge in [0.25, 0.3) is 0 Å². The Hall–Kier alpha value is -9.77. The number of thiophene rings is 2. The molecule has 0 fully saturated rings. The molecule has 0 N–H and O–H groups in total. The van der Waals surface area contributed by atoms with Gasteiger partial charge in [0, 0.05) is 90.0 Å². The highest BCUT2D eigenvalue weighted by Gasteiger charge is 2.23. The van der Waals surface area contributed by atoms with Crippen LogP contribution in [0.1, 0.15) is 11.1 Å². The van der Waals surface area contributed by atoms with Crippen LogP contribution < -0.4 is 0 Å². The molecular weight excluding hydrogens is 943 g/mol. The summed E-state index contributed by atoms with van der Waals surface area (Å²) in [6.45, 7) is 0. The molecule has 342 valence electrons. The fourth-order valence-electron chi connectivity index (χ4n) is 11.1. The SMILES string of the molecule is N#Cc1ccc(-c2cc(-n3c4ccccc4c4c5sc6ccccc6c5ccc43)ccc2-c2nc(-c3ccccc3)nc(-c3ccc(-n4c5ccccc5c5c6sc7ccccc7c6ccc54)cc3C#N)n2)cc1. The van der Waals surface area contributed by atoms with Crippen molar-refractivity contribution in [3.63, 3.8) is 0 Å². The summed E-state index contributed by atoms with van der Waals surface area (Å²) in [6.07, 6.45) is 0. The Bertz CT molecular complexity index is 4930. The second kappa shape index (κ2) is 16.4. The summed E-state index contributed by atoms with van der Waals surface area (Å²) in [7, 11) is 0. The normalized spacial score (nSPS) is 11.8. The van der Waals surface area contributed by atoms with Crippen LogP contribution in [0, 0.1) is 22.7 Å². The molecule has 5 heterocycles. The van der Waals surface area contributed by atoms with Crippen LogP contribution in [0.25, 0.3) is 141 Å². The van der Waals surface area contributed by atoms with Gasteiger partial charge < -0.3 is 9.13 Å². The lowest BCUT2D eigenvalue weighted by molar-refractivity contribution is 1.07. The lowest BCUT2D eigenvalue weighted by atomic mass is 9.97. The van der Waals surface area contributed by atoms with Crippen molar-refractivity contribution in [2.24, 2.45) is 0 Å². The Morgan fingerprint density at radius 2 is 0.851 bits per heavy atom. The van der Waals surface area contributed by atoms with Crippen molar-refractivity contribution >= 4 is 107 Å². The largest absolute Gasteiger partial charge is 0.309 e. The topological polar surface area (TPSA) is 96.1 Å². The number of fused-ring (bicyclic) bond motifs is 14. The number of benzene rings is 10. The van der Waals surface area contributed by atoms with E-state index in [4.69, 9.17) is 15.0 Å². The Morgan fingerprint density at radius 3 is 1.43 bits per heavy atom. The van der Waals surface area contributed by atoms with E-state index in [0.717, 1.165) is 61.1 Å². The van der Waals surface area contributed by atoms with E-state index < -0.39 is 0 Å². The zero-order valence-electron chi connectivity index (χ0n) is 39.2. The average Bonchev–Trinajstić information content (AvgIpc) is 4.27. The summed E-state index contributed by atoms with van der Waals surface area (Å²) in [5.74, 6) is 1.32. The zero-order chi connectivity index (χ0) is 49.0. The van der Waals surface area contributed by atoms with Crippen LogP contribution in [0.4, 0.5) is 0 Å². The number of hydrogen-bond donors (Lipinski definition) is 0. The molecule has 0 aliphatic heterocycles. The molecule has 0 aliphatic carbocycles. The number of nitrogens with zero attached hydrogens (tertiary/aromatic N) is 7. The second-order valence-corrected chi connectivity index (χ2v) is 20.6. The fourth-order valence-corrected chi connectivity index (χ4v) is 13.7. The zero-order valence-corrected chi connectivity index (χ0v) is 40.8. The lowest BCUT2D eigenvalue weighted by Crippen LogP contribution is -2.03. The van der Waals surface area contributed by atoms with E-state index in [2.05, 4.69) is 167 Å². The van der Waals surface area contributed by atoms with E-state index in [1.165, 1.54) is 56.5 Å². The lowest BCUT2D eigenvalue weighted by Gasteiger charge is -2.16. The molecule has 7 nitrogen and oxygen atoms in total. The van der Waals surface area contributed by atoms with Crippen LogP contribution in [0.15, 0.2) is 212 Å². The van der Waals surface area contributed by atoms with Crippen LogP contribution in [0.3, 0.4) is 0 Å². The first-order valence-corrected chi connectivity index (χ1v) is 25.9. The van der Waals surface area contributed by atoms with E-state index in [0.29, 0.717) is 34.2 Å². The second-order valence-electron chi connectivity index (χ2n) is 18.5. The van der Waals surface area contributed by atoms with Gasteiger partial charge in [0.2, 0.25) is 0 Å². The molecule has 0 atom stereocenters. The molecule has 0 unspecified atom stereocenters. The molecule has 0 radical (unpaired) electrons. The molecule has 15 aromatic rings. The number of hydrogen-bond acceptors (Lipinski definition) is 7. The van der Waals surface area contributed by atoms with Crippen molar-refractivity contribution in [2.45, 2.75) is 0 Å². The van der Waals surface area contributed by atoms with Crippen molar-refractivity contribution in [1.29, 1.82) is 10.5 Å². The van der Waals surface area contributed by atoms with E-state index in [9.17, 15) is 10.5 Å². The molecule has 5 aromatic heterocycles. The Balaban J connectivity index is 0.927. The van der Waals surface area contributed by atoms with Crippen LogP contribution >= 0.6 is 22.7 Å². The van der Waals surface area contributed by atoms with Gasteiger partial charge in [-0.25, -0.2) is 15.0 Å². The molecule has 0 bridgehead atoms. The third kappa shape index (κ3) is 6.31. The van der Waals surface area contributed by atoms with Crippen LogP contribution in [-0.2, 0) is 0 Å². The third-order valence-electron chi connectivity index (χ3n) is 14.5. The van der Waals surface area contributed by atoms with Crippen LogP contribution in [0.2, 0.25) is 0 Å². The molecule has 0 saturated carbocycles. The van der Waals surface area contributed by atoms with Gasteiger partial charge in [0.05, 0.1) is 45.3 Å². The maximum absolute atomic E-state index is 11.1. The Kier molecular flexibility index (Phi) is 9.29. The molecule has 10 aromatic carbocycles. The number of para-hydroxylation sites is 2. The first-order chi connectivity index (χ1) is 36.6. The molecule has 0 amide bonds. The van der Waals surface area contributed by atoms with Crippen molar-refractivity contribution < 1.29 is 0 Å². The molecule has 74 heavy (non-hydrogen) atoms. The number of rotatable bonds is 6. The molecule has 0 spiro atoms. The van der Waals surface area contributed by atoms with Gasteiger partial charge in [0.1, 0.15) is 0 Å². The summed E-state index contributed by atoms with van der Waals surface area (Å²) in [5, 5.41) is 30.7. The van der Waals surface area contributed by atoms with Gasteiger partial charge in [0.15, 0.2) is 17.5 Å². The van der Waals surface area contributed by atoms with Gasteiger partial charge in [-0.15, -0.1) is 22.7 Å². The van der Waals surface area contributed by atoms with Crippen molar-refractivity contribution in [2.75, 3.05) is 0 Å². The maximum atomic E-state index is 11.1. The fraction of sp³-hybridized carbons (Fsp3) is 0. The van der Waals surface area contributed by atoms with Crippen LogP contribution in [0.5, 0.6) is 0 Å². The molecule has 15 rings (SSSR count). The predicted octanol–water partition coefficient (Wildman–Crippen LogP) is 17.2. The highest BCUT2D eigenvalue weighted by Crippen LogP contribution is 2.46. The summed E-state index contributed by atoms with van der Waals surface area (Å²) in [5.41, 5.74) is 11.2. The minimum absolute atomic E-state index is 0.385. The highest BCUT2D eigenvalue weighted by molar-refractivity contribution is 7.27. The standard InChI is InChI=1S/C65H35N7S2/c66-36-38-22-24-39(25-23-38)52-35-43(72-54-19-9-5-17-51(54)60-56(72)33-31-48-46-15-7-11-21-58(46)74-62(48)60)27-29-49(52)65-69-63(40-12-2-1-3-13-40)68-64(70-65)44-28-26-42(34-41(44)37-67)71-53-18-8-4-16-50(53)59-55(71)32-30-47-45-14-6-10-20-57(45)73-61(47)59/h1-35H. The number of aromatic nitrogens is 5. The summed E-state index contributed by atoms with van der Waals surface area (Å²) >= 11 is 3.66. The maximum Gasteiger partial charge on any atom is 0.165 e. The molecular formula is C65H35N7S2. The highest BCUT2D eigenvalue weighted by atomic mass is 32.1. The minimum Gasteiger partial charge on any atom is -0.309 e. The summed E-state index contributed by atoms with van der Waals surface area (Å²) in [4.78, 5) is 15.6. The Labute approximate surface area is 431 Å². The van der Waals surface area contributed by atoms with Gasteiger partial charge in [-0.1, -0.05) is 127 Å². The first-order valence-electron chi connectivity index (χ1n) is 24.3. The first kappa shape index (κ1) is 42.0. The quantitative estimate of drug-likeness (QED) is 0.165. The van der Waals surface area contributed by atoms with Gasteiger partial charge in [-0.2, -0.15) is 10.5 Å². The summed E-state index contributed by atoms with van der Waals surface area (Å²) in [6, 6.07) is 78.2. The molecule has 0 saturated heterocycles. The molecule has 0 aliphatic rings. The molecule has 9 heteroatoms. The van der Waals surface area contributed by atoms with Crippen molar-refractivity contribution in [1.82, 2.24) is 24.1 Å². The number of nitriles is 2. The smallest absolute Gasteiger partial charge is 0.165 e. The van der Waals surface area contributed by atoms with Gasteiger partial charge >= 0.3 is 0 Å². The van der Waals surface area contributed by atoms with E-state index in [-0.39, 0.29) is 0 Å². The Morgan fingerprint density at radius 1 is 0.351 bits per heavy atom.